The van der Waals surface area contributed by atoms with Gasteiger partial charge >= 0.3 is 6.18 Å². The van der Waals surface area contributed by atoms with Crippen LogP contribution in [-0.4, -0.2) is 86.0 Å². The van der Waals surface area contributed by atoms with E-state index in [2.05, 4.69) is 15.1 Å². The van der Waals surface area contributed by atoms with Gasteiger partial charge in [0.25, 0.3) is 5.91 Å². The number of rotatable bonds is 10. The zero-order chi connectivity index (χ0) is 38.9. The van der Waals surface area contributed by atoms with Gasteiger partial charge in [-0.15, -0.1) is 0 Å². The Morgan fingerprint density at radius 1 is 0.836 bits per heavy atom. The van der Waals surface area contributed by atoms with Crippen LogP contribution in [0.2, 0.25) is 0 Å². The van der Waals surface area contributed by atoms with Crippen LogP contribution in [0.4, 0.5) is 33.3 Å². The molecule has 4 aliphatic rings. The van der Waals surface area contributed by atoms with Gasteiger partial charge in [-0.1, -0.05) is 0 Å². The Balaban J connectivity index is 0.832. The van der Waals surface area contributed by atoms with Crippen molar-refractivity contribution in [3.05, 3.63) is 88.0 Å². The third kappa shape index (κ3) is 8.24. The monoisotopic (exact) mass is 764 g/mol. The number of piperazine rings is 1. The smallest absolute Gasteiger partial charge is 0.417 e. The van der Waals surface area contributed by atoms with Crippen LogP contribution in [0.1, 0.15) is 77.1 Å². The van der Waals surface area contributed by atoms with E-state index in [4.69, 9.17) is 10.00 Å². The number of nitriles is 1. The molecular formula is C40H41F5N6O4. The highest BCUT2D eigenvalue weighted by Crippen LogP contribution is 2.38. The molecule has 55 heavy (non-hydrogen) atoms. The minimum atomic E-state index is -4.67. The molecule has 1 unspecified atom stereocenters. The standard InChI is InChI=1S/C40H41F5N6O4/c41-33-21-30(22-34(42)37(33)25-9-12-49(13-10-25)29-4-3-26(23-46)32(20-29)40(43,44)45)55-18-2-1-11-48-14-16-50(17-15-48)28-5-6-31-27(19-28)24-51(39(31)54)35-7-8-36(52)47-38(35)53/h3-6,19-22,25,35H,1-2,7-18,24H2,(H,47,52,53). The van der Waals surface area contributed by atoms with E-state index in [1.54, 1.807) is 15.9 Å². The van der Waals surface area contributed by atoms with Crippen molar-refractivity contribution < 1.29 is 41.1 Å². The topological polar surface area (TPSA) is 109 Å². The van der Waals surface area contributed by atoms with Crippen LogP contribution in [0.5, 0.6) is 5.75 Å². The van der Waals surface area contributed by atoms with Crippen LogP contribution in [0.15, 0.2) is 48.5 Å². The number of alkyl halides is 3. The Morgan fingerprint density at radius 3 is 2.18 bits per heavy atom. The fraction of sp³-hybridized carbons (Fsp3) is 0.450. The molecule has 3 fully saturated rings. The Bertz CT molecular complexity index is 1980. The number of nitrogens with one attached hydrogen (secondary N) is 1. The summed E-state index contributed by atoms with van der Waals surface area (Å²) in [7, 11) is 0. The van der Waals surface area contributed by atoms with E-state index >= 15 is 8.78 Å². The fourth-order valence-electron chi connectivity index (χ4n) is 8.14. The van der Waals surface area contributed by atoms with E-state index in [1.165, 1.54) is 18.2 Å². The molecule has 3 amide bonds. The highest BCUT2D eigenvalue weighted by atomic mass is 19.4. The van der Waals surface area contributed by atoms with Crippen LogP contribution in [-0.2, 0) is 22.3 Å². The molecule has 4 aliphatic heterocycles. The van der Waals surface area contributed by atoms with Crippen LogP contribution in [0, 0.1) is 23.0 Å². The molecule has 0 saturated carbocycles. The minimum absolute atomic E-state index is 0.0375. The summed E-state index contributed by atoms with van der Waals surface area (Å²) in [5.41, 5.74) is 1.30. The van der Waals surface area contributed by atoms with Crippen molar-refractivity contribution in [2.75, 3.05) is 62.2 Å². The Kier molecular flexibility index (Phi) is 11.0. The molecule has 4 heterocycles. The van der Waals surface area contributed by atoms with Gasteiger partial charge in [0.1, 0.15) is 23.4 Å². The quantitative estimate of drug-likeness (QED) is 0.153. The molecule has 290 valence electrons. The van der Waals surface area contributed by atoms with Gasteiger partial charge in [-0.2, -0.15) is 18.4 Å². The third-order valence-corrected chi connectivity index (χ3v) is 11.1. The Morgan fingerprint density at radius 2 is 1.51 bits per heavy atom. The number of piperidine rings is 2. The van der Waals surface area contributed by atoms with Crippen molar-refractivity contribution in [3.8, 4) is 11.8 Å². The maximum atomic E-state index is 15.2. The van der Waals surface area contributed by atoms with Gasteiger partial charge in [0.15, 0.2) is 0 Å². The molecule has 3 saturated heterocycles. The first-order chi connectivity index (χ1) is 26.4. The van der Waals surface area contributed by atoms with E-state index in [1.807, 2.05) is 18.2 Å². The van der Waals surface area contributed by atoms with Crippen molar-refractivity contribution in [3.63, 3.8) is 0 Å². The number of halogens is 5. The largest absolute Gasteiger partial charge is 0.493 e. The van der Waals surface area contributed by atoms with Crippen molar-refractivity contribution in [1.29, 1.82) is 5.26 Å². The number of imide groups is 1. The lowest BCUT2D eigenvalue weighted by molar-refractivity contribution is -0.138. The number of unbranched alkanes of at least 4 members (excludes halogenated alkanes) is 1. The van der Waals surface area contributed by atoms with Crippen LogP contribution < -0.4 is 19.9 Å². The average Bonchev–Trinajstić information content (AvgIpc) is 3.49. The summed E-state index contributed by atoms with van der Waals surface area (Å²) >= 11 is 0. The molecule has 0 aromatic heterocycles. The van der Waals surface area contributed by atoms with Gasteiger partial charge in [-0.05, 0) is 86.5 Å². The van der Waals surface area contributed by atoms with Gasteiger partial charge in [0.05, 0.1) is 23.8 Å². The molecular weight excluding hydrogens is 723 g/mol. The molecule has 0 bridgehead atoms. The first-order valence-electron chi connectivity index (χ1n) is 18.6. The first-order valence-corrected chi connectivity index (χ1v) is 18.6. The number of carbonyl (C=O) groups excluding carboxylic acids is 3. The highest BCUT2D eigenvalue weighted by molar-refractivity contribution is 6.05. The second-order valence-electron chi connectivity index (χ2n) is 14.5. The van der Waals surface area contributed by atoms with Gasteiger partial charge in [-0.25, -0.2) is 8.78 Å². The molecule has 7 rings (SSSR count). The zero-order valence-electron chi connectivity index (χ0n) is 30.1. The zero-order valence-corrected chi connectivity index (χ0v) is 30.1. The predicted molar refractivity (Wildman–Crippen MR) is 193 cm³/mol. The summed E-state index contributed by atoms with van der Waals surface area (Å²) < 4.78 is 76.5. The normalized spacial score (nSPS) is 19.7. The molecule has 0 spiro atoms. The number of carbonyl (C=O) groups is 3. The summed E-state index contributed by atoms with van der Waals surface area (Å²) in [4.78, 5) is 44.9. The fourth-order valence-corrected chi connectivity index (χ4v) is 8.14. The van der Waals surface area contributed by atoms with Crippen molar-refractivity contribution in [2.45, 2.75) is 63.2 Å². The predicted octanol–water partition coefficient (Wildman–Crippen LogP) is 5.98. The van der Waals surface area contributed by atoms with E-state index < -0.39 is 46.8 Å². The maximum absolute atomic E-state index is 15.2. The minimum Gasteiger partial charge on any atom is -0.493 e. The summed E-state index contributed by atoms with van der Waals surface area (Å²) in [6.45, 7) is 5.39. The van der Waals surface area contributed by atoms with Gasteiger partial charge in [-0.3, -0.25) is 24.6 Å². The third-order valence-electron chi connectivity index (χ3n) is 11.1. The number of hydrogen-bond acceptors (Lipinski definition) is 8. The molecule has 0 aliphatic carbocycles. The molecule has 15 heteroatoms. The van der Waals surface area contributed by atoms with Crippen molar-refractivity contribution in [2.24, 2.45) is 0 Å². The molecule has 1 N–H and O–H groups in total. The first kappa shape index (κ1) is 38.1. The number of ether oxygens (including phenoxy) is 1. The number of benzene rings is 3. The van der Waals surface area contributed by atoms with Crippen LogP contribution in [0.3, 0.4) is 0 Å². The lowest BCUT2D eigenvalue weighted by Crippen LogP contribution is -2.52. The molecule has 0 radical (unpaired) electrons. The van der Waals surface area contributed by atoms with Crippen molar-refractivity contribution in [1.82, 2.24) is 15.1 Å². The second-order valence-corrected chi connectivity index (χ2v) is 14.5. The number of anilines is 2. The Labute approximate surface area is 315 Å². The van der Waals surface area contributed by atoms with Crippen LogP contribution >= 0.6 is 0 Å². The lowest BCUT2D eigenvalue weighted by Gasteiger charge is -2.36. The number of hydrogen-bond donors (Lipinski definition) is 1. The summed E-state index contributed by atoms with van der Waals surface area (Å²) in [5.74, 6) is -2.67. The SMILES string of the molecule is N#Cc1ccc(N2CCC(c3c(F)cc(OCCCCN4CCN(c5ccc6c(c5)CN(C5CCC(=O)NC5=O)C6=O)CC4)cc3F)CC2)cc1C(F)(F)F. The van der Waals surface area contributed by atoms with E-state index in [0.717, 1.165) is 62.5 Å². The maximum Gasteiger partial charge on any atom is 0.417 e. The molecule has 10 nitrogen and oxygen atoms in total. The molecule has 3 aromatic carbocycles. The Hall–Kier alpha value is -5.23. The highest BCUT2D eigenvalue weighted by Gasteiger charge is 2.39. The average molecular weight is 765 g/mol. The van der Waals surface area contributed by atoms with Gasteiger partial charge < -0.3 is 19.4 Å². The van der Waals surface area contributed by atoms with E-state index in [-0.39, 0.29) is 29.5 Å². The van der Waals surface area contributed by atoms with E-state index in [9.17, 15) is 27.6 Å². The van der Waals surface area contributed by atoms with Gasteiger partial charge in [0.2, 0.25) is 11.8 Å². The number of nitrogens with zero attached hydrogens (tertiary/aromatic N) is 5. The van der Waals surface area contributed by atoms with Gasteiger partial charge in [0, 0.05) is 86.9 Å². The summed E-state index contributed by atoms with van der Waals surface area (Å²) in [5, 5.41) is 11.4. The van der Waals surface area contributed by atoms with Crippen molar-refractivity contribution >= 4 is 29.1 Å². The second kappa shape index (κ2) is 15.9. The number of fused-ring (bicyclic) bond motifs is 1. The van der Waals surface area contributed by atoms with Crippen LogP contribution in [0.25, 0.3) is 0 Å². The molecule has 3 aromatic rings. The molecule has 1 atom stereocenters. The lowest BCUT2D eigenvalue weighted by atomic mass is 9.88. The summed E-state index contributed by atoms with van der Waals surface area (Å²) in [6, 6.07) is 12.7. The van der Waals surface area contributed by atoms with E-state index in [0.29, 0.717) is 63.2 Å². The summed E-state index contributed by atoms with van der Waals surface area (Å²) in [6.07, 6.45) is -1.90. The number of amides is 3.